The van der Waals surface area contributed by atoms with Crippen molar-refractivity contribution in [3.63, 3.8) is 0 Å². The van der Waals surface area contributed by atoms with Gasteiger partial charge in [-0.05, 0) is 30.3 Å². The Morgan fingerprint density at radius 2 is 1.90 bits per heavy atom. The van der Waals surface area contributed by atoms with Crippen LogP contribution < -0.4 is 9.64 Å². The van der Waals surface area contributed by atoms with E-state index in [1.165, 1.54) is 0 Å². The molecule has 0 aliphatic carbocycles. The van der Waals surface area contributed by atoms with E-state index in [-0.39, 0.29) is 5.91 Å². The number of hydrogen-bond donors (Lipinski definition) is 2. The molecule has 8 nitrogen and oxygen atoms in total. The van der Waals surface area contributed by atoms with E-state index in [0.29, 0.717) is 0 Å². The highest BCUT2D eigenvalue weighted by Crippen LogP contribution is 2.30. The lowest BCUT2D eigenvalue weighted by Crippen LogP contribution is -2.48. The number of methoxy groups -OCH3 is 1. The molecule has 0 radical (unpaired) electrons. The van der Waals surface area contributed by atoms with Gasteiger partial charge in [-0.25, -0.2) is 4.98 Å². The van der Waals surface area contributed by atoms with Crippen molar-refractivity contribution in [2.75, 3.05) is 38.2 Å². The third kappa shape index (κ3) is 3.06. The summed E-state index contributed by atoms with van der Waals surface area (Å²) in [5.41, 5.74) is 4.69. The first-order valence-corrected chi connectivity index (χ1v) is 9.65. The van der Waals surface area contributed by atoms with Gasteiger partial charge in [0.25, 0.3) is 0 Å². The number of nitrogens with zero attached hydrogens (tertiary/aromatic N) is 4. The minimum atomic E-state index is 0.141. The summed E-state index contributed by atoms with van der Waals surface area (Å²) < 4.78 is 5.28. The van der Waals surface area contributed by atoms with Crippen molar-refractivity contribution in [2.45, 2.75) is 6.92 Å². The minimum Gasteiger partial charge on any atom is -0.497 e. The Morgan fingerprint density at radius 3 is 2.66 bits per heavy atom. The zero-order valence-corrected chi connectivity index (χ0v) is 16.4. The van der Waals surface area contributed by atoms with Crippen molar-refractivity contribution in [2.24, 2.45) is 0 Å². The fourth-order valence-electron chi connectivity index (χ4n) is 3.89. The second-order valence-corrected chi connectivity index (χ2v) is 7.26. The van der Waals surface area contributed by atoms with Gasteiger partial charge in [0.05, 0.1) is 23.7 Å². The van der Waals surface area contributed by atoms with E-state index in [9.17, 15) is 4.79 Å². The van der Waals surface area contributed by atoms with Gasteiger partial charge in [-0.2, -0.15) is 5.10 Å². The molecule has 2 aromatic heterocycles. The SMILES string of the molecule is COc1ccc2c(-c3nc4ccc(N5CCN(C(C)=O)CC5)cc4[nH]3)n[nH]c2c1. The van der Waals surface area contributed by atoms with Crippen LogP contribution in [0, 0.1) is 0 Å². The van der Waals surface area contributed by atoms with E-state index in [1.54, 1.807) is 14.0 Å². The first kappa shape index (κ1) is 17.5. The second kappa shape index (κ2) is 6.80. The number of anilines is 1. The molecule has 1 amide bonds. The largest absolute Gasteiger partial charge is 0.497 e. The molecule has 0 saturated carbocycles. The van der Waals surface area contributed by atoms with Gasteiger partial charge in [-0.1, -0.05) is 0 Å². The number of fused-ring (bicyclic) bond motifs is 2. The molecule has 0 unspecified atom stereocenters. The fraction of sp³-hybridized carbons (Fsp3) is 0.286. The van der Waals surface area contributed by atoms with E-state index in [1.807, 2.05) is 29.2 Å². The number of carbonyl (C=O) groups excluding carboxylic acids is 1. The van der Waals surface area contributed by atoms with Crippen LogP contribution in [0.3, 0.4) is 0 Å². The summed E-state index contributed by atoms with van der Waals surface area (Å²) >= 11 is 0. The minimum absolute atomic E-state index is 0.141. The molecule has 1 fully saturated rings. The Balaban J connectivity index is 1.45. The van der Waals surface area contributed by atoms with E-state index in [0.717, 1.165) is 71.1 Å². The Labute approximate surface area is 167 Å². The number of hydrogen-bond acceptors (Lipinski definition) is 5. The summed E-state index contributed by atoms with van der Waals surface area (Å²) in [5, 5.41) is 8.49. The molecule has 2 aromatic carbocycles. The van der Waals surface area contributed by atoms with Crippen LogP contribution in [0.4, 0.5) is 5.69 Å². The van der Waals surface area contributed by atoms with Crippen LogP contribution in [0.5, 0.6) is 5.75 Å². The third-order valence-corrected chi connectivity index (χ3v) is 5.55. The summed E-state index contributed by atoms with van der Waals surface area (Å²) in [4.78, 5) is 23.9. The number of imidazole rings is 1. The van der Waals surface area contributed by atoms with Gasteiger partial charge in [0.15, 0.2) is 5.82 Å². The van der Waals surface area contributed by atoms with Gasteiger partial charge in [-0.3, -0.25) is 9.89 Å². The van der Waals surface area contributed by atoms with E-state index >= 15 is 0 Å². The average Bonchev–Trinajstić information content (AvgIpc) is 3.36. The van der Waals surface area contributed by atoms with E-state index in [4.69, 9.17) is 9.72 Å². The first-order chi connectivity index (χ1) is 14.1. The maximum Gasteiger partial charge on any atom is 0.219 e. The standard InChI is InChI=1S/C21H22N6O2/c1-13(28)26-7-9-27(10-8-26)14-3-6-17-19(11-14)23-21(22-17)20-16-5-4-15(29-2)12-18(16)24-25-20/h3-6,11-12H,7-10H2,1-2H3,(H,22,23)(H,24,25). The van der Waals surface area contributed by atoms with Crippen molar-refractivity contribution in [1.29, 1.82) is 0 Å². The van der Waals surface area contributed by atoms with Crippen LogP contribution in [0.25, 0.3) is 33.5 Å². The first-order valence-electron chi connectivity index (χ1n) is 9.65. The van der Waals surface area contributed by atoms with Crippen molar-refractivity contribution in [3.8, 4) is 17.3 Å². The zero-order valence-electron chi connectivity index (χ0n) is 16.4. The topological polar surface area (TPSA) is 90.1 Å². The maximum absolute atomic E-state index is 11.5. The lowest BCUT2D eigenvalue weighted by molar-refractivity contribution is -0.129. The van der Waals surface area contributed by atoms with Crippen molar-refractivity contribution < 1.29 is 9.53 Å². The Morgan fingerprint density at radius 1 is 1.07 bits per heavy atom. The summed E-state index contributed by atoms with van der Waals surface area (Å²) in [6.07, 6.45) is 0. The molecule has 1 aliphatic rings. The number of amides is 1. The summed E-state index contributed by atoms with van der Waals surface area (Å²) in [6.45, 7) is 4.80. The molecule has 148 valence electrons. The van der Waals surface area contributed by atoms with Gasteiger partial charge < -0.3 is 19.5 Å². The summed E-state index contributed by atoms with van der Waals surface area (Å²) in [6, 6.07) is 12.1. The van der Waals surface area contributed by atoms with Gasteiger partial charge in [0, 0.05) is 50.2 Å². The molecule has 1 saturated heterocycles. The highest BCUT2D eigenvalue weighted by molar-refractivity contribution is 5.94. The van der Waals surface area contributed by atoms with Gasteiger partial charge in [-0.15, -0.1) is 0 Å². The molecule has 4 aromatic rings. The number of rotatable bonds is 3. The van der Waals surface area contributed by atoms with Crippen molar-refractivity contribution in [1.82, 2.24) is 25.1 Å². The lowest BCUT2D eigenvalue weighted by atomic mass is 10.2. The normalized spacial score (nSPS) is 14.7. The number of carbonyl (C=O) groups is 1. The lowest BCUT2D eigenvalue weighted by Gasteiger charge is -2.35. The molecular formula is C21H22N6O2. The predicted octanol–water partition coefficient (Wildman–Crippen LogP) is 2.78. The monoisotopic (exact) mass is 390 g/mol. The summed E-state index contributed by atoms with van der Waals surface area (Å²) in [5.74, 6) is 1.66. The van der Waals surface area contributed by atoms with Gasteiger partial charge in [0.2, 0.25) is 5.91 Å². The van der Waals surface area contributed by atoms with Crippen LogP contribution in [0.2, 0.25) is 0 Å². The maximum atomic E-state index is 11.5. The Kier molecular flexibility index (Phi) is 4.12. The molecule has 0 spiro atoms. The molecule has 1 aliphatic heterocycles. The second-order valence-electron chi connectivity index (χ2n) is 7.26. The number of piperazine rings is 1. The molecular weight excluding hydrogens is 368 g/mol. The fourth-order valence-corrected chi connectivity index (χ4v) is 3.89. The number of benzene rings is 2. The third-order valence-electron chi connectivity index (χ3n) is 5.55. The highest BCUT2D eigenvalue weighted by Gasteiger charge is 2.20. The van der Waals surface area contributed by atoms with E-state index < -0.39 is 0 Å². The van der Waals surface area contributed by atoms with E-state index in [2.05, 4.69) is 32.2 Å². The van der Waals surface area contributed by atoms with Crippen LogP contribution in [-0.4, -0.2) is 64.3 Å². The Hall–Kier alpha value is -3.55. The van der Waals surface area contributed by atoms with Crippen LogP contribution in [0.15, 0.2) is 36.4 Å². The number of nitrogens with one attached hydrogen (secondary N) is 2. The van der Waals surface area contributed by atoms with Crippen LogP contribution in [-0.2, 0) is 4.79 Å². The van der Waals surface area contributed by atoms with Gasteiger partial charge >= 0.3 is 0 Å². The molecule has 0 bridgehead atoms. The van der Waals surface area contributed by atoms with Gasteiger partial charge in [0.1, 0.15) is 11.4 Å². The summed E-state index contributed by atoms with van der Waals surface area (Å²) in [7, 11) is 1.65. The van der Waals surface area contributed by atoms with Crippen molar-refractivity contribution in [3.05, 3.63) is 36.4 Å². The number of H-pyrrole nitrogens is 2. The molecule has 29 heavy (non-hydrogen) atoms. The van der Waals surface area contributed by atoms with Crippen molar-refractivity contribution >= 4 is 33.5 Å². The Bertz CT molecular complexity index is 1200. The molecule has 3 heterocycles. The smallest absolute Gasteiger partial charge is 0.219 e. The molecule has 8 heteroatoms. The number of aromatic amines is 2. The number of aromatic nitrogens is 4. The average molecular weight is 390 g/mol. The van der Waals surface area contributed by atoms with Crippen LogP contribution >= 0.6 is 0 Å². The number of ether oxygens (including phenoxy) is 1. The van der Waals surface area contributed by atoms with Crippen LogP contribution in [0.1, 0.15) is 6.92 Å². The molecule has 2 N–H and O–H groups in total. The molecule has 5 rings (SSSR count). The zero-order chi connectivity index (χ0) is 20.0. The highest BCUT2D eigenvalue weighted by atomic mass is 16.5. The quantitative estimate of drug-likeness (QED) is 0.561. The predicted molar refractivity (Wildman–Crippen MR) is 112 cm³/mol. The molecule has 0 atom stereocenters.